The highest BCUT2D eigenvalue weighted by atomic mass is 16.5. The van der Waals surface area contributed by atoms with Gasteiger partial charge >= 0.3 is 0 Å². The van der Waals surface area contributed by atoms with Crippen molar-refractivity contribution in [3.8, 4) is 11.3 Å². The molecular weight excluding hydrogens is 354 g/mol. The van der Waals surface area contributed by atoms with Crippen molar-refractivity contribution in [1.82, 2.24) is 4.98 Å². The lowest BCUT2D eigenvalue weighted by Gasteiger charge is -2.34. The maximum atomic E-state index is 6.32. The van der Waals surface area contributed by atoms with E-state index in [2.05, 4.69) is 96.2 Å². The zero-order chi connectivity index (χ0) is 21.6. The Morgan fingerprint density at radius 2 is 1.72 bits per heavy atom. The topological polar surface area (TPSA) is 22.1 Å². The molecule has 0 saturated carbocycles. The number of aromatic nitrogens is 1. The van der Waals surface area contributed by atoms with Crippen LogP contribution in [-0.2, 0) is 10.2 Å². The maximum Gasteiger partial charge on any atom is 0.104 e. The molecular formula is C27H35NO. The molecule has 29 heavy (non-hydrogen) atoms. The molecule has 2 nitrogen and oxygen atoms in total. The van der Waals surface area contributed by atoms with E-state index in [1.54, 1.807) is 0 Å². The van der Waals surface area contributed by atoms with Crippen molar-refractivity contribution in [2.24, 2.45) is 0 Å². The van der Waals surface area contributed by atoms with Crippen LogP contribution < -0.4 is 10.4 Å². The predicted octanol–water partition coefficient (Wildman–Crippen LogP) is 5.90. The molecule has 0 N–H and O–H groups in total. The Morgan fingerprint density at radius 3 is 2.34 bits per heavy atom. The summed E-state index contributed by atoms with van der Waals surface area (Å²) in [6.45, 7) is 16.9. The lowest BCUT2D eigenvalue weighted by molar-refractivity contribution is 0.0733. The van der Waals surface area contributed by atoms with E-state index in [-0.39, 0.29) is 11.5 Å². The molecule has 0 spiro atoms. The van der Waals surface area contributed by atoms with Gasteiger partial charge in [-0.1, -0.05) is 61.9 Å². The zero-order valence-corrected chi connectivity index (χ0v) is 19.2. The Hall–Kier alpha value is -2.61. The fraction of sp³-hybridized carbons (Fsp3) is 0.370. The molecule has 0 fully saturated rings. The summed E-state index contributed by atoms with van der Waals surface area (Å²) >= 11 is 0. The number of hydrogen-bond acceptors (Lipinski definition) is 2. The van der Waals surface area contributed by atoms with Gasteiger partial charge < -0.3 is 4.74 Å². The lowest BCUT2D eigenvalue weighted by atomic mass is 9.76. The lowest BCUT2D eigenvalue weighted by Crippen LogP contribution is -2.35. The molecule has 2 rings (SSSR count). The van der Waals surface area contributed by atoms with Crippen LogP contribution in [-0.4, -0.2) is 11.1 Å². The van der Waals surface area contributed by atoms with E-state index in [4.69, 9.17) is 9.72 Å². The number of pyridine rings is 1. The van der Waals surface area contributed by atoms with Crippen LogP contribution in [0, 0.1) is 0 Å². The van der Waals surface area contributed by atoms with Gasteiger partial charge in [-0.2, -0.15) is 0 Å². The Bertz CT molecular complexity index is 1020. The molecule has 1 atom stereocenters. The minimum absolute atomic E-state index is 0.000433. The third kappa shape index (κ3) is 5.06. The highest BCUT2D eigenvalue weighted by Crippen LogP contribution is 2.35. The Balaban J connectivity index is 2.57. The van der Waals surface area contributed by atoms with Gasteiger partial charge in [0, 0.05) is 22.4 Å². The van der Waals surface area contributed by atoms with Gasteiger partial charge in [0.2, 0.25) is 0 Å². The zero-order valence-electron chi connectivity index (χ0n) is 19.2. The van der Waals surface area contributed by atoms with Crippen molar-refractivity contribution in [2.75, 3.05) is 0 Å². The van der Waals surface area contributed by atoms with Gasteiger partial charge in [-0.3, -0.25) is 4.98 Å². The molecule has 1 heterocycles. The van der Waals surface area contributed by atoms with Gasteiger partial charge in [0.25, 0.3) is 0 Å². The monoisotopic (exact) mass is 389 g/mol. The molecule has 0 saturated heterocycles. The van der Waals surface area contributed by atoms with E-state index in [9.17, 15) is 0 Å². The van der Waals surface area contributed by atoms with Crippen LogP contribution >= 0.6 is 0 Å². The average molecular weight is 390 g/mol. The summed E-state index contributed by atoms with van der Waals surface area (Å²) < 4.78 is 6.32. The number of nitrogens with zero attached hydrogens (tertiary/aromatic N) is 1. The molecule has 1 aromatic heterocycles. The van der Waals surface area contributed by atoms with Crippen molar-refractivity contribution >= 4 is 12.2 Å². The van der Waals surface area contributed by atoms with Crippen LogP contribution in [0.15, 0.2) is 60.0 Å². The summed E-state index contributed by atoms with van der Waals surface area (Å²) in [6.07, 6.45) is 10.4. The van der Waals surface area contributed by atoms with Gasteiger partial charge in [0.15, 0.2) is 0 Å². The number of allylic oxidation sites excluding steroid dienone is 4. The van der Waals surface area contributed by atoms with Crippen LogP contribution in [0.1, 0.15) is 61.0 Å². The molecule has 0 aliphatic rings. The largest absolute Gasteiger partial charge is 0.494 e. The minimum Gasteiger partial charge on any atom is -0.494 e. The molecule has 0 aliphatic carbocycles. The van der Waals surface area contributed by atoms with Crippen LogP contribution in [0.25, 0.3) is 23.4 Å². The highest BCUT2D eigenvalue weighted by Gasteiger charge is 2.32. The summed E-state index contributed by atoms with van der Waals surface area (Å²) in [5.74, 6) is 0.932. The van der Waals surface area contributed by atoms with Crippen molar-refractivity contribution in [3.05, 3.63) is 76.0 Å². The van der Waals surface area contributed by atoms with Gasteiger partial charge in [-0.05, 0) is 64.5 Å². The molecule has 0 aliphatic heterocycles. The van der Waals surface area contributed by atoms with E-state index < -0.39 is 0 Å². The summed E-state index contributed by atoms with van der Waals surface area (Å²) in [4.78, 5) is 4.76. The van der Waals surface area contributed by atoms with Crippen LogP contribution in [0.3, 0.4) is 0 Å². The first-order valence-corrected chi connectivity index (χ1v) is 10.4. The fourth-order valence-corrected chi connectivity index (χ4v) is 3.59. The molecule has 0 amide bonds. The average Bonchev–Trinajstić information content (AvgIpc) is 2.72. The number of rotatable bonds is 6. The summed E-state index contributed by atoms with van der Waals surface area (Å²) in [5, 5.41) is 2.38. The first-order valence-electron chi connectivity index (χ1n) is 10.4. The Kier molecular flexibility index (Phi) is 7.61. The van der Waals surface area contributed by atoms with E-state index in [0.717, 1.165) is 17.0 Å². The first-order chi connectivity index (χ1) is 13.8. The van der Waals surface area contributed by atoms with Gasteiger partial charge in [0.1, 0.15) is 6.10 Å². The Labute approximate surface area is 176 Å². The molecule has 154 valence electrons. The van der Waals surface area contributed by atoms with Crippen molar-refractivity contribution in [2.45, 2.75) is 66.9 Å². The number of ether oxygens (including phenoxy) is 1. The first kappa shape index (κ1) is 22.7. The third-order valence-corrected chi connectivity index (χ3v) is 5.77. The SMILES string of the molecule is C/C=C(C)\C=C(\C)O[C@H](C)C(C)(C)c1ccccc1-c1nccc(=C/C)/c1=C\C. The fourth-order valence-electron chi connectivity index (χ4n) is 3.59. The van der Waals surface area contributed by atoms with Gasteiger partial charge in [-0.15, -0.1) is 0 Å². The second-order valence-electron chi connectivity index (χ2n) is 8.05. The number of benzene rings is 1. The quantitative estimate of drug-likeness (QED) is 0.453. The van der Waals surface area contributed by atoms with Crippen LogP contribution in [0.5, 0.6) is 0 Å². The third-order valence-electron chi connectivity index (χ3n) is 5.77. The molecule has 0 radical (unpaired) electrons. The van der Waals surface area contributed by atoms with Gasteiger partial charge in [0.05, 0.1) is 11.5 Å². The summed E-state index contributed by atoms with van der Waals surface area (Å²) in [5.41, 5.74) is 4.43. The van der Waals surface area contributed by atoms with E-state index in [1.165, 1.54) is 21.6 Å². The highest BCUT2D eigenvalue weighted by molar-refractivity contribution is 5.67. The number of hydrogen-bond donors (Lipinski definition) is 0. The van der Waals surface area contributed by atoms with Gasteiger partial charge in [-0.25, -0.2) is 0 Å². The van der Waals surface area contributed by atoms with Crippen LogP contribution in [0.4, 0.5) is 0 Å². The van der Waals surface area contributed by atoms with Crippen molar-refractivity contribution < 1.29 is 4.74 Å². The smallest absolute Gasteiger partial charge is 0.104 e. The van der Waals surface area contributed by atoms with Crippen molar-refractivity contribution in [1.29, 1.82) is 0 Å². The van der Waals surface area contributed by atoms with E-state index >= 15 is 0 Å². The van der Waals surface area contributed by atoms with Crippen LogP contribution in [0.2, 0.25) is 0 Å². The standard InChI is InChI=1S/C27H35NO/c1-9-19(4)18-20(5)29-21(6)27(7,8)25-15-13-12-14-24(25)26-23(11-3)22(10-2)16-17-28-26/h9-18,21H,1-8H3/b19-9-,20-18-,22-10-,23-11+/t21-/m1/s1. The second-order valence-corrected chi connectivity index (χ2v) is 8.05. The molecule has 2 aromatic rings. The molecule has 0 unspecified atom stereocenters. The maximum absolute atomic E-state index is 6.32. The minimum atomic E-state index is -0.200. The predicted molar refractivity (Wildman–Crippen MR) is 126 cm³/mol. The Morgan fingerprint density at radius 1 is 1.03 bits per heavy atom. The normalized spacial score (nSPS) is 15.6. The summed E-state index contributed by atoms with van der Waals surface area (Å²) in [7, 11) is 0. The second kappa shape index (κ2) is 9.73. The summed E-state index contributed by atoms with van der Waals surface area (Å²) in [6, 6.07) is 10.6. The van der Waals surface area contributed by atoms with E-state index in [1.807, 2.05) is 20.0 Å². The molecule has 1 aromatic carbocycles. The van der Waals surface area contributed by atoms with E-state index in [0.29, 0.717) is 0 Å². The molecule has 0 bridgehead atoms. The molecule has 2 heteroatoms. The van der Waals surface area contributed by atoms with Crippen molar-refractivity contribution in [3.63, 3.8) is 0 Å².